The number of carbonyl (C=O) groups excluding carboxylic acids is 2. The summed E-state index contributed by atoms with van der Waals surface area (Å²) in [5.41, 5.74) is 5.29. The highest BCUT2D eigenvalue weighted by atomic mass is 32.1. The number of fused-ring (bicyclic) bond motifs is 1. The Kier molecular flexibility index (Phi) is 9.91. The van der Waals surface area contributed by atoms with Crippen molar-refractivity contribution in [2.45, 2.75) is 19.4 Å². The van der Waals surface area contributed by atoms with Gasteiger partial charge in [0, 0.05) is 35.1 Å². The van der Waals surface area contributed by atoms with Gasteiger partial charge >= 0.3 is 0 Å². The Morgan fingerprint density at radius 2 is 1.87 bits per heavy atom. The van der Waals surface area contributed by atoms with Gasteiger partial charge in [0.05, 0.1) is 0 Å². The fourth-order valence-electron chi connectivity index (χ4n) is 3.43. The summed E-state index contributed by atoms with van der Waals surface area (Å²) < 4.78 is 13.9. The predicted octanol–water partition coefficient (Wildman–Crippen LogP) is 4.12. The SMILES string of the molecule is CNCCc1c(-c2ccc(CN(C)C)cc2)[nH]c2cc(F)cc(C=O)c12.O=CCCS. The molecular weight excluding hydrogens is 413 g/mol. The molecule has 31 heavy (non-hydrogen) atoms. The second-order valence-corrected chi connectivity index (χ2v) is 7.93. The molecule has 0 fully saturated rings. The highest BCUT2D eigenvalue weighted by Crippen LogP contribution is 2.33. The minimum atomic E-state index is -0.408. The molecule has 2 N–H and O–H groups in total. The zero-order chi connectivity index (χ0) is 22.8. The normalized spacial score (nSPS) is 10.8. The van der Waals surface area contributed by atoms with E-state index < -0.39 is 5.82 Å². The molecule has 0 aliphatic rings. The lowest BCUT2D eigenvalue weighted by Crippen LogP contribution is -2.11. The molecule has 0 saturated heterocycles. The number of carbonyl (C=O) groups is 2. The van der Waals surface area contributed by atoms with Gasteiger partial charge in [-0.3, -0.25) is 4.79 Å². The van der Waals surface area contributed by atoms with E-state index in [2.05, 4.69) is 52.1 Å². The number of aromatic amines is 1. The molecule has 0 aliphatic heterocycles. The summed E-state index contributed by atoms with van der Waals surface area (Å²) >= 11 is 3.77. The average molecular weight is 444 g/mol. The zero-order valence-corrected chi connectivity index (χ0v) is 19.1. The zero-order valence-electron chi connectivity index (χ0n) is 18.2. The Hall–Kier alpha value is -2.48. The van der Waals surface area contributed by atoms with E-state index in [1.165, 1.54) is 17.7 Å². The Morgan fingerprint density at radius 1 is 1.16 bits per heavy atom. The smallest absolute Gasteiger partial charge is 0.150 e. The first-order chi connectivity index (χ1) is 14.9. The first-order valence-corrected chi connectivity index (χ1v) is 10.8. The maximum absolute atomic E-state index is 13.9. The lowest BCUT2D eigenvalue weighted by molar-refractivity contribution is -0.107. The van der Waals surface area contributed by atoms with Crippen LogP contribution in [0, 0.1) is 5.82 Å². The van der Waals surface area contributed by atoms with Crippen LogP contribution in [0.25, 0.3) is 22.2 Å². The number of aromatic nitrogens is 1. The van der Waals surface area contributed by atoms with Crippen LogP contribution < -0.4 is 5.32 Å². The monoisotopic (exact) mass is 443 g/mol. The van der Waals surface area contributed by atoms with Crippen molar-refractivity contribution < 1.29 is 14.0 Å². The standard InChI is InChI=1S/C21H24FN3O.C3H6OS/c1-23-9-8-18-20-16(13-26)10-17(22)11-19(20)24-21(18)15-6-4-14(5-7-15)12-25(2)3;4-2-1-3-5/h4-7,10-11,13,23-24H,8-9,12H2,1-3H3;2,5H,1,3H2. The first kappa shape index (κ1) is 24.8. The van der Waals surface area contributed by atoms with Crippen molar-refractivity contribution in [2.75, 3.05) is 33.4 Å². The van der Waals surface area contributed by atoms with Crippen molar-refractivity contribution >= 4 is 36.1 Å². The van der Waals surface area contributed by atoms with Gasteiger partial charge in [0.25, 0.3) is 0 Å². The van der Waals surface area contributed by atoms with Gasteiger partial charge in [-0.1, -0.05) is 24.3 Å². The summed E-state index contributed by atoms with van der Waals surface area (Å²) in [6.07, 6.45) is 2.90. The summed E-state index contributed by atoms with van der Waals surface area (Å²) in [7, 11) is 5.97. The maximum Gasteiger partial charge on any atom is 0.150 e. The molecule has 2 aromatic carbocycles. The summed E-state index contributed by atoms with van der Waals surface area (Å²) in [4.78, 5) is 26.3. The van der Waals surface area contributed by atoms with E-state index in [-0.39, 0.29) is 0 Å². The van der Waals surface area contributed by atoms with Crippen molar-refractivity contribution in [2.24, 2.45) is 0 Å². The molecule has 166 valence electrons. The predicted molar refractivity (Wildman–Crippen MR) is 129 cm³/mol. The molecule has 3 rings (SSSR count). The molecule has 0 bridgehead atoms. The molecule has 3 aromatic rings. The molecule has 0 aliphatic carbocycles. The second-order valence-electron chi connectivity index (χ2n) is 7.48. The second kappa shape index (κ2) is 12.4. The third-order valence-corrected chi connectivity index (χ3v) is 5.00. The number of thiol groups is 1. The van der Waals surface area contributed by atoms with Crippen LogP contribution in [0.15, 0.2) is 36.4 Å². The van der Waals surface area contributed by atoms with Crippen LogP contribution in [-0.2, 0) is 17.8 Å². The Balaban J connectivity index is 0.000000614. The van der Waals surface area contributed by atoms with Crippen LogP contribution in [0.2, 0.25) is 0 Å². The van der Waals surface area contributed by atoms with Gasteiger partial charge in [-0.05, 0) is 68.7 Å². The third kappa shape index (κ3) is 6.75. The number of H-pyrrole nitrogens is 1. The number of hydrogen-bond acceptors (Lipinski definition) is 5. The third-order valence-electron chi connectivity index (χ3n) is 4.74. The van der Waals surface area contributed by atoms with Gasteiger partial charge in [0.1, 0.15) is 12.1 Å². The number of likely N-dealkylation sites (N-methyl/N-ethyl adjacent to an activating group) is 1. The maximum atomic E-state index is 13.9. The number of halogens is 1. The average Bonchev–Trinajstić information content (AvgIpc) is 3.11. The highest BCUT2D eigenvalue weighted by Gasteiger charge is 2.17. The molecule has 7 heteroatoms. The molecule has 1 aromatic heterocycles. The molecular formula is C24H30FN3O2S. The fourth-order valence-corrected chi connectivity index (χ4v) is 3.54. The van der Waals surface area contributed by atoms with Gasteiger partial charge < -0.3 is 20.0 Å². The van der Waals surface area contributed by atoms with Crippen molar-refractivity contribution in [3.63, 3.8) is 0 Å². The Labute approximate surface area is 188 Å². The molecule has 0 saturated carbocycles. The number of aldehydes is 2. The number of nitrogens with one attached hydrogen (secondary N) is 2. The van der Waals surface area contributed by atoms with Crippen molar-refractivity contribution in [3.8, 4) is 11.3 Å². The number of hydrogen-bond donors (Lipinski definition) is 3. The van der Waals surface area contributed by atoms with Gasteiger partial charge in [0.15, 0.2) is 6.29 Å². The summed E-state index contributed by atoms with van der Waals surface area (Å²) in [5, 5.41) is 3.96. The van der Waals surface area contributed by atoms with Gasteiger partial charge in [-0.15, -0.1) is 0 Å². The molecule has 1 heterocycles. The molecule has 0 amide bonds. The topological polar surface area (TPSA) is 65.2 Å². The highest BCUT2D eigenvalue weighted by molar-refractivity contribution is 7.80. The van der Waals surface area contributed by atoms with E-state index >= 15 is 0 Å². The molecule has 5 nitrogen and oxygen atoms in total. The van der Waals surface area contributed by atoms with Gasteiger partial charge in [0.2, 0.25) is 0 Å². The molecule has 0 radical (unpaired) electrons. The van der Waals surface area contributed by atoms with Crippen molar-refractivity contribution in [1.82, 2.24) is 15.2 Å². The minimum Gasteiger partial charge on any atom is -0.354 e. The summed E-state index contributed by atoms with van der Waals surface area (Å²) in [6, 6.07) is 11.1. The van der Waals surface area contributed by atoms with Crippen LogP contribution in [0.1, 0.15) is 27.9 Å². The van der Waals surface area contributed by atoms with E-state index in [9.17, 15) is 14.0 Å². The van der Waals surface area contributed by atoms with E-state index in [4.69, 9.17) is 0 Å². The largest absolute Gasteiger partial charge is 0.354 e. The van der Waals surface area contributed by atoms with Crippen LogP contribution in [0.5, 0.6) is 0 Å². The van der Waals surface area contributed by atoms with E-state index in [1.54, 1.807) is 0 Å². The molecule has 0 unspecified atom stereocenters. The minimum absolute atomic E-state index is 0.387. The first-order valence-electron chi connectivity index (χ1n) is 10.2. The van der Waals surface area contributed by atoms with Gasteiger partial charge in [-0.2, -0.15) is 12.6 Å². The lowest BCUT2D eigenvalue weighted by atomic mass is 9.99. The summed E-state index contributed by atoms with van der Waals surface area (Å²) in [6.45, 7) is 1.65. The quantitative estimate of drug-likeness (QED) is 0.344. The van der Waals surface area contributed by atoms with E-state index in [0.29, 0.717) is 23.3 Å². The number of nitrogens with zero attached hydrogens (tertiary/aromatic N) is 1. The molecule has 0 atom stereocenters. The molecule has 0 spiro atoms. The van der Waals surface area contributed by atoms with Crippen molar-refractivity contribution in [3.05, 3.63) is 58.9 Å². The summed E-state index contributed by atoms with van der Waals surface area (Å²) in [5.74, 6) is 0.262. The van der Waals surface area contributed by atoms with Crippen LogP contribution in [-0.4, -0.2) is 55.9 Å². The lowest BCUT2D eigenvalue weighted by Gasteiger charge is -2.11. The Bertz CT molecular complexity index is 1000. The van der Waals surface area contributed by atoms with Crippen molar-refractivity contribution in [1.29, 1.82) is 0 Å². The van der Waals surface area contributed by atoms with Crippen LogP contribution in [0.4, 0.5) is 4.39 Å². The fraction of sp³-hybridized carbons (Fsp3) is 0.333. The van der Waals surface area contributed by atoms with Gasteiger partial charge in [-0.25, -0.2) is 4.39 Å². The number of rotatable bonds is 9. The Morgan fingerprint density at radius 3 is 2.39 bits per heavy atom. The number of benzene rings is 2. The van der Waals surface area contributed by atoms with E-state index in [1.807, 2.05) is 21.1 Å². The van der Waals surface area contributed by atoms with Crippen LogP contribution >= 0.6 is 12.6 Å². The van der Waals surface area contributed by atoms with Crippen LogP contribution in [0.3, 0.4) is 0 Å². The van der Waals surface area contributed by atoms with E-state index in [0.717, 1.165) is 54.3 Å².